The Morgan fingerprint density at radius 2 is 1.95 bits per heavy atom. The Morgan fingerprint density at radius 3 is 2.57 bits per heavy atom. The average Bonchev–Trinajstić information content (AvgIpc) is 2.42. The van der Waals surface area contributed by atoms with Crippen molar-refractivity contribution in [2.45, 2.75) is 33.6 Å². The van der Waals surface area contributed by atoms with E-state index in [0.29, 0.717) is 30.5 Å². The highest BCUT2D eigenvalue weighted by Gasteiger charge is 2.09. The number of rotatable bonds is 7. The fourth-order valence-electron chi connectivity index (χ4n) is 1.72. The first-order valence-corrected chi connectivity index (χ1v) is 7.24. The van der Waals surface area contributed by atoms with Crippen molar-refractivity contribution in [3.05, 3.63) is 29.8 Å². The Morgan fingerprint density at radius 1 is 1.24 bits per heavy atom. The molecule has 116 valence electrons. The SMILES string of the molecule is CC(C)C(C)CNC(=O)Nc1cccc(CCC(=O)O)c1. The Kier molecular flexibility index (Phi) is 6.72. The van der Waals surface area contributed by atoms with Gasteiger partial charge in [-0.15, -0.1) is 0 Å². The topological polar surface area (TPSA) is 78.4 Å². The molecule has 0 aliphatic heterocycles. The molecule has 0 bridgehead atoms. The van der Waals surface area contributed by atoms with Crippen LogP contribution in [0.3, 0.4) is 0 Å². The van der Waals surface area contributed by atoms with Gasteiger partial charge >= 0.3 is 12.0 Å². The predicted molar refractivity (Wildman–Crippen MR) is 83.4 cm³/mol. The fourth-order valence-corrected chi connectivity index (χ4v) is 1.72. The number of aryl methyl sites for hydroxylation is 1. The first kappa shape index (κ1) is 17.0. The summed E-state index contributed by atoms with van der Waals surface area (Å²) in [4.78, 5) is 22.4. The predicted octanol–water partition coefficient (Wildman–Crippen LogP) is 3.12. The molecule has 0 saturated heterocycles. The Bertz CT molecular complexity index is 486. The van der Waals surface area contributed by atoms with Gasteiger partial charge in [0, 0.05) is 18.7 Å². The third-order valence-electron chi connectivity index (χ3n) is 3.54. The van der Waals surface area contributed by atoms with Crippen LogP contribution in [0.15, 0.2) is 24.3 Å². The smallest absolute Gasteiger partial charge is 0.319 e. The van der Waals surface area contributed by atoms with Crippen molar-refractivity contribution in [2.24, 2.45) is 11.8 Å². The molecule has 1 rings (SSSR count). The lowest BCUT2D eigenvalue weighted by Crippen LogP contribution is -2.33. The fraction of sp³-hybridized carbons (Fsp3) is 0.500. The summed E-state index contributed by atoms with van der Waals surface area (Å²) in [6.07, 6.45) is 0.540. The third kappa shape index (κ3) is 6.79. The van der Waals surface area contributed by atoms with Gasteiger partial charge in [0.05, 0.1) is 0 Å². The van der Waals surface area contributed by atoms with E-state index in [-0.39, 0.29) is 12.5 Å². The van der Waals surface area contributed by atoms with Crippen LogP contribution in [-0.4, -0.2) is 23.7 Å². The molecule has 1 unspecified atom stereocenters. The quantitative estimate of drug-likeness (QED) is 0.722. The zero-order valence-electron chi connectivity index (χ0n) is 12.8. The number of hydrogen-bond acceptors (Lipinski definition) is 2. The molecular weight excluding hydrogens is 268 g/mol. The normalized spacial score (nSPS) is 12.0. The Hall–Kier alpha value is -2.04. The second-order valence-corrected chi connectivity index (χ2v) is 5.65. The minimum absolute atomic E-state index is 0.0849. The van der Waals surface area contributed by atoms with E-state index in [2.05, 4.69) is 31.4 Å². The summed E-state index contributed by atoms with van der Waals surface area (Å²) in [6.45, 7) is 6.96. The van der Waals surface area contributed by atoms with E-state index in [0.717, 1.165) is 5.56 Å². The lowest BCUT2D eigenvalue weighted by Gasteiger charge is -2.16. The molecule has 0 aliphatic carbocycles. The first-order chi connectivity index (χ1) is 9.88. The zero-order valence-corrected chi connectivity index (χ0v) is 12.8. The molecule has 0 radical (unpaired) electrons. The van der Waals surface area contributed by atoms with Crippen molar-refractivity contribution >= 4 is 17.7 Å². The number of benzene rings is 1. The highest BCUT2D eigenvalue weighted by atomic mass is 16.4. The summed E-state index contributed by atoms with van der Waals surface area (Å²) in [5, 5.41) is 14.3. The molecule has 0 aromatic heterocycles. The first-order valence-electron chi connectivity index (χ1n) is 7.24. The largest absolute Gasteiger partial charge is 0.481 e. The molecule has 2 amide bonds. The van der Waals surface area contributed by atoms with Crippen molar-refractivity contribution in [3.8, 4) is 0 Å². The highest BCUT2D eigenvalue weighted by molar-refractivity contribution is 5.89. The maximum absolute atomic E-state index is 11.8. The van der Waals surface area contributed by atoms with Gasteiger partial charge < -0.3 is 15.7 Å². The Balaban J connectivity index is 2.48. The van der Waals surface area contributed by atoms with Crippen molar-refractivity contribution in [2.75, 3.05) is 11.9 Å². The molecule has 21 heavy (non-hydrogen) atoms. The van der Waals surface area contributed by atoms with Gasteiger partial charge in [0.1, 0.15) is 0 Å². The molecular formula is C16H24N2O3. The number of carbonyl (C=O) groups excluding carboxylic acids is 1. The number of urea groups is 1. The maximum Gasteiger partial charge on any atom is 0.319 e. The molecule has 0 spiro atoms. The summed E-state index contributed by atoms with van der Waals surface area (Å²) < 4.78 is 0. The van der Waals surface area contributed by atoms with Crippen LogP contribution in [0.4, 0.5) is 10.5 Å². The number of aliphatic carboxylic acids is 1. The van der Waals surface area contributed by atoms with Gasteiger partial charge in [0.15, 0.2) is 0 Å². The number of carbonyl (C=O) groups is 2. The van der Waals surface area contributed by atoms with Crippen LogP contribution in [0, 0.1) is 11.8 Å². The van der Waals surface area contributed by atoms with E-state index in [9.17, 15) is 9.59 Å². The van der Waals surface area contributed by atoms with E-state index in [1.165, 1.54) is 0 Å². The number of amides is 2. The standard InChI is InChI=1S/C16H24N2O3/c1-11(2)12(3)10-17-16(21)18-14-6-4-5-13(9-14)7-8-15(19)20/h4-6,9,11-12H,7-8,10H2,1-3H3,(H,19,20)(H2,17,18,21). The molecule has 1 aromatic carbocycles. The van der Waals surface area contributed by atoms with Crippen LogP contribution in [0.5, 0.6) is 0 Å². The summed E-state index contributed by atoms with van der Waals surface area (Å²) >= 11 is 0. The second-order valence-electron chi connectivity index (χ2n) is 5.65. The van der Waals surface area contributed by atoms with Gasteiger partial charge in [-0.2, -0.15) is 0 Å². The lowest BCUT2D eigenvalue weighted by molar-refractivity contribution is -0.136. The monoisotopic (exact) mass is 292 g/mol. The molecule has 0 saturated carbocycles. The van der Waals surface area contributed by atoms with Crippen LogP contribution < -0.4 is 10.6 Å². The minimum atomic E-state index is -0.825. The van der Waals surface area contributed by atoms with Crippen molar-refractivity contribution in [3.63, 3.8) is 0 Å². The molecule has 1 atom stereocenters. The van der Waals surface area contributed by atoms with Crippen LogP contribution in [0.2, 0.25) is 0 Å². The number of carboxylic acid groups (broad SMARTS) is 1. The van der Waals surface area contributed by atoms with Crippen molar-refractivity contribution in [1.82, 2.24) is 5.32 Å². The van der Waals surface area contributed by atoms with Gasteiger partial charge in [-0.1, -0.05) is 32.9 Å². The average molecular weight is 292 g/mol. The molecule has 5 nitrogen and oxygen atoms in total. The van der Waals surface area contributed by atoms with Gasteiger partial charge in [-0.25, -0.2) is 4.79 Å². The van der Waals surface area contributed by atoms with Gasteiger partial charge in [0.25, 0.3) is 0 Å². The molecule has 3 N–H and O–H groups in total. The van der Waals surface area contributed by atoms with E-state index in [1.54, 1.807) is 12.1 Å². The number of nitrogens with one attached hydrogen (secondary N) is 2. The molecule has 1 aromatic rings. The van der Waals surface area contributed by atoms with Crippen molar-refractivity contribution < 1.29 is 14.7 Å². The van der Waals surface area contributed by atoms with E-state index >= 15 is 0 Å². The van der Waals surface area contributed by atoms with E-state index in [1.807, 2.05) is 12.1 Å². The van der Waals surface area contributed by atoms with E-state index < -0.39 is 5.97 Å². The molecule has 0 heterocycles. The molecule has 5 heteroatoms. The lowest BCUT2D eigenvalue weighted by atomic mass is 9.98. The Labute approximate surface area is 125 Å². The van der Waals surface area contributed by atoms with Crippen LogP contribution in [0.25, 0.3) is 0 Å². The zero-order chi connectivity index (χ0) is 15.8. The van der Waals surface area contributed by atoms with Crippen LogP contribution in [-0.2, 0) is 11.2 Å². The summed E-state index contributed by atoms with van der Waals surface area (Å²) in [5.41, 5.74) is 1.57. The minimum Gasteiger partial charge on any atom is -0.481 e. The number of anilines is 1. The van der Waals surface area contributed by atoms with Crippen molar-refractivity contribution in [1.29, 1.82) is 0 Å². The summed E-state index contributed by atoms with van der Waals surface area (Å²) in [7, 11) is 0. The number of hydrogen-bond donors (Lipinski definition) is 3. The number of carboxylic acids is 1. The van der Waals surface area contributed by atoms with Gasteiger partial charge in [0.2, 0.25) is 0 Å². The van der Waals surface area contributed by atoms with Crippen LogP contribution >= 0.6 is 0 Å². The van der Waals surface area contributed by atoms with Crippen LogP contribution in [0.1, 0.15) is 32.8 Å². The van der Waals surface area contributed by atoms with E-state index in [4.69, 9.17) is 5.11 Å². The third-order valence-corrected chi connectivity index (χ3v) is 3.54. The van der Waals surface area contributed by atoms with Gasteiger partial charge in [-0.05, 0) is 36.0 Å². The second kappa shape index (κ2) is 8.29. The molecule has 0 fully saturated rings. The maximum atomic E-state index is 11.8. The highest BCUT2D eigenvalue weighted by Crippen LogP contribution is 2.12. The van der Waals surface area contributed by atoms with Gasteiger partial charge in [-0.3, -0.25) is 4.79 Å². The summed E-state index contributed by atoms with van der Waals surface area (Å²) in [6, 6.07) is 7.01. The summed E-state index contributed by atoms with van der Waals surface area (Å²) in [5.74, 6) is 0.107. The molecule has 0 aliphatic rings.